The predicted octanol–water partition coefficient (Wildman–Crippen LogP) is 2.71. The van der Waals surface area contributed by atoms with Gasteiger partial charge in [0.05, 0.1) is 19.4 Å². The number of nitrogens with one attached hydrogen (secondary N) is 1. The molecule has 1 fully saturated rings. The van der Waals surface area contributed by atoms with E-state index in [9.17, 15) is 9.59 Å². The maximum atomic E-state index is 12.6. The second-order valence-electron chi connectivity index (χ2n) is 6.97. The van der Waals surface area contributed by atoms with Crippen molar-refractivity contribution in [2.24, 2.45) is 5.41 Å². The monoisotopic (exact) mass is 306 g/mol. The van der Waals surface area contributed by atoms with Gasteiger partial charge in [-0.3, -0.25) is 9.59 Å². The molecule has 1 aliphatic carbocycles. The molecule has 5 heteroatoms. The van der Waals surface area contributed by atoms with E-state index in [1.807, 2.05) is 37.8 Å². The molecule has 1 heterocycles. The highest BCUT2D eigenvalue weighted by molar-refractivity contribution is 5.87. The van der Waals surface area contributed by atoms with Crippen molar-refractivity contribution in [2.45, 2.75) is 59.0 Å². The Morgan fingerprint density at radius 3 is 2.55 bits per heavy atom. The van der Waals surface area contributed by atoms with Gasteiger partial charge in [0.15, 0.2) is 0 Å². The molecule has 0 saturated heterocycles. The van der Waals surface area contributed by atoms with Crippen molar-refractivity contribution in [2.75, 3.05) is 6.54 Å². The van der Waals surface area contributed by atoms with Crippen LogP contribution in [0.2, 0.25) is 0 Å². The van der Waals surface area contributed by atoms with E-state index in [1.165, 1.54) is 0 Å². The first kappa shape index (κ1) is 16.6. The summed E-state index contributed by atoms with van der Waals surface area (Å²) in [5.41, 5.74) is -0.487. The molecular weight excluding hydrogens is 280 g/mol. The highest BCUT2D eigenvalue weighted by Gasteiger charge is 2.28. The predicted molar refractivity (Wildman–Crippen MR) is 84.0 cm³/mol. The Hall–Kier alpha value is -1.78. The third-order valence-electron chi connectivity index (χ3n) is 4.07. The summed E-state index contributed by atoms with van der Waals surface area (Å²) in [7, 11) is 0. The van der Waals surface area contributed by atoms with E-state index >= 15 is 0 Å². The molecule has 0 unspecified atom stereocenters. The van der Waals surface area contributed by atoms with Crippen LogP contribution in [0.15, 0.2) is 22.8 Å². The number of nitrogens with zero attached hydrogens (tertiary/aromatic N) is 1. The molecular formula is C17H26N2O3. The number of rotatable bonds is 5. The summed E-state index contributed by atoms with van der Waals surface area (Å²) in [6.45, 7) is 6.04. The summed E-state index contributed by atoms with van der Waals surface area (Å²) in [6.07, 6.45) is 5.98. The van der Waals surface area contributed by atoms with E-state index in [2.05, 4.69) is 5.32 Å². The van der Waals surface area contributed by atoms with Gasteiger partial charge in [-0.1, -0.05) is 33.6 Å². The number of furan rings is 1. The molecule has 1 saturated carbocycles. The van der Waals surface area contributed by atoms with Crippen molar-refractivity contribution < 1.29 is 14.0 Å². The second-order valence-corrected chi connectivity index (χ2v) is 6.97. The molecule has 0 spiro atoms. The van der Waals surface area contributed by atoms with Crippen LogP contribution in [0.1, 0.15) is 52.2 Å². The van der Waals surface area contributed by atoms with Gasteiger partial charge in [0.1, 0.15) is 5.76 Å². The van der Waals surface area contributed by atoms with Gasteiger partial charge in [0.25, 0.3) is 0 Å². The molecule has 0 aliphatic heterocycles. The molecule has 0 aromatic carbocycles. The Morgan fingerprint density at radius 2 is 2.00 bits per heavy atom. The molecule has 0 atom stereocenters. The molecule has 22 heavy (non-hydrogen) atoms. The van der Waals surface area contributed by atoms with Gasteiger partial charge in [-0.2, -0.15) is 0 Å². The van der Waals surface area contributed by atoms with Crippen molar-refractivity contribution in [1.29, 1.82) is 0 Å². The van der Waals surface area contributed by atoms with E-state index in [-0.39, 0.29) is 24.4 Å². The lowest BCUT2D eigenvalue weighted by Gasteiger charge is -2.29. The fourth-order valence-corrected chi connectivity index (χ4v) is 2.73. The molecule has 5 nitrogen and oxygen atoms in total. The van der Waals surface area contributed by atoms with E-state index in [1.54, 1.807) is 6.26 Å². The minimum Gasteiger partial charge on any atom is -0.467 e. The first-order valence-electron chi connectivity index (χ1n) is 7.98. The van der Waals surface area contributed by atoms with Crippen LogP contribution in [0.4, 0.5) is 0 Å². The van der Waals surface area contributed by atoms with E-state index < -0.39 is 5.41 Å². The largest absolute Gasteiger partial charge is 0.467 e. The van der Waals surface area contributed by atoms with Crippen LogP contribution in [0.5, 0.6) is 0 Å². The SMILES string of the molecule is CC(C)(C)C(=O)NCC(=O)N(Cc1ccco1)C1CCCC1. The Bertz CT molecular complexity index is 496. The zero-order valence-corrected chi connectivity index (χ0v) is 13.7. The normalized spacial score (nSPS) is 15.8. The number of hydrogen-bond acceptors (Lipinski definition) is 3. The van der Waals surface area contributed by atoms with Gasteiger partial charge in [0.2, 0.25) is 11.8 Å². The Balaban J connectivity index is 1.98. The van der Waals surface area contributed by atoms with E-state index in [0.29, 0.717) is 6.54 Å². The summed E-state index contributed by atoms with van der Waals surface area (Å²) < 4.78 is 5.37. The lowest BCUT2D eigenvalue weighted by Crippen LogP contribution is -2.46. The first-order chi connectivity index (χ1) is 10.4. The van der Waals surface area contributed by atoms with Crippen LogP contribution in [-0.4, -0.2) is 29.3 Å². The number of carbonyl (C=O) groups excluding carboxylic acids is 2. The van der Waals surface area contributed by atoms with Gasteiger partial charge in [0, 0.05) is 11.5 Å². The van der Waals surface area contributed by atoms with Gasteiger partial charge < -0.3 is 14.6 Å². The zero-order valence-electron chi connectivity index (χ0n) is 13.7. The summed E-state index contributed by atoms with van der Waals surface area (Å²) in [5.74, 6) is 0.633. The fraction of sp³-hybridized carbons (Fsp3) is 0.647. The standard InChI is InChI=1S/C17H26N2O3/c1-17(2,3)16(21)18-11-15(20)19(13-7-4-5-8-13)12-14-9-6-10-22-14/h6,9-10,13H,4-5,7-8,11-12H2,1-3H3,(H,18,21). The molecule has 122 valence electrons. The maximum absolute atomic E-state index is 12.6. The highest BCUT2D eigenvalue weighted by Crippen LogP contribution is 2.25. The topological polar surface area (TPSA) is 62.6 Å². The first-order valence-corrected chi connectivity index (χ1v) is 7.98. The summed E-state index contributed by atoms with van der Waals surface area (Å²) in [6, 6.07) is 3.96. The van der Waals surface area contributed by atoms with Crippen LogP contribution in [0.3, 0.4) is 0 Å². The van der Waals surface area contributed by atoms with Gasteiger partial charge >= 0.3 is 0 Å². The minimum atomic E-state index is -0.487. The summed E-state index contributed by atoms with van der Waals surface area (Å²) in [4.78, 5) is 26.3. The fourth-order valence-electron chi connectivity index (χ4n) is 2.73. The molecule has 0 radical (unpaired) electrons. The Labute approximate surface area is 132 Å². The third kappa shape index (κ3) is 4.36. The average molecular weight is 306 g/mol. The van der Waals surface area contributed by atoms with Crippen LogP contribution < -0.4 is 5.32 Å². The lowest BCUT2D eigenvalue weighted by molar-refractivity contribution is -0.137. The molecule has 1 N–H and O–H groups in total. The maximum Gasteiger partial charge on any atom is 0.242 e. The number of hydrogen-bond donors (Lipinski definition) is 1. The highest BCUT2D eigenvalue weighted by atomic mass is 16.3. The summed E-state index contributed by atoms with van der Waals surface area (Å²) >= 11 is 0. The number of carbonyl (C=O) groups is 2. The molecule has 1 aromatic rings. The van der Waals surface area contributed by atoms with Crippen LogP contribution in [-0.2, 0) is 16.1 Å². The molecule has 1 aliphatic rings. The van der Waals surface area contributed by atoms with E-state index in [0.717, 1.165) is 31.4 Å². The average Bonchev–Trinajstić information content (AvgIpc) is 3.13. The third-order valence-corrected chi connectivity index (χ3v) is 4.07. The summed E-state index contributed by atoms with van der Waals surface area (Å²) in [5, 5.41) is 2.75. The molecule has 0 bridgehead atoms. The second kappa shape index (κ2) is 6.99. The van der Waals surface area contributed by atoms with Crippen LogP contribution >= 0.6 is 0 Å². The molecule has 2 rings (SSSR count). The smallest absolute Gasteiger partial charge is 0.242 e. The van der Waals surface area contributed by atoms with Crippen molar-refractivity contribution >= 4 is 11.8 Å². The van der Waals surface area contributed by atoms with E-state index in [4.69, 9.17) is 4.42 Å². The molecule has 2 amide bonds. The molecule has 1 aromatic heterocycles. The van der Waals surface area contributed by atoms with Crippen molar-refractivity contribution in [3.8, 4) is 0 Å². The lowest BCUT2D eigenvalue weighted by atomic mass is 9.96. The quantitative estimate of drug-likeness (QED) is 0.910. The van der Waals surface area contributed by atoms with Crippen LogP contribution in [0, 0.1) is 5.41 Å². The Morgan fingerprint density at radius 1 is 1.32 bits per heavy atom. The van der Waals surface area contributed by atoms with Gasteiger partial charge in [-0.25, -0.2) is 0 Å². The number of amides is 2. The van der Waals surface area contributed by atoms with Crippen LogP contribution in [0.25, 0.3) is 0 Å². The van der Waals surface area contributed by atoms with Gasteiger partial charge in [-0.05, 0) is 25.0 Å². The Kier molecular flexibility index (Phi) is 5.27. The van der Waals surface area contributed by atoms with Crippen molar-refractivity contribution in [1.82, 2.24) is 10.2 Å². The van der Waals surface area contributed by atoms with Crippen molar-refractivity contribution in [3.63, 3.8) is 0 Å². The van der Waals surface area contributed by atoms with Gasteiger partial charge in [-0.15, -0.1) is 0 Å². The van der Waals surface area contributed by atoms with Crippen molar-refractivity contribution in [3.05, 3.63) is 24.2 Å². The zero-order chi connectivity index (χ0) is 16.2. The minimum absolute atomic E-state index is 0.0408.